The van der Waals surface area contributed by atoms with E-state index in [1.807, 2.05) is 12.3 Å². The minimum Gasteiger partial charge on any atom is -0.493 e. The van der Waals surface area contributed by atoms with Crippen molar-refractivity contribution in [2.24, 2.45) is 0 Å². The maximum Gasteiger partial charge on any atom is 0.250 e. The fraction of sp³-hybridized carbons (Fsp3) is 0.429. The Balaban J connectivity index is 1.47. The summed E-state index contributed by atoms with van der Waals surface area (Å²) in [6, 6.07) is 12.1. The Morgan fingerprint density at radius 3 is 3.00 bits per heavy atom. The number of aldehydes is 1. The molecule has 1 saturated heterocycles. The molecule has 2 aliphatic heterocycles. The molecule has 5 heteroatoms. The van der Waals surface area contributed by atoms with Gasteiger partial charge < -0.3 is 14.1 Å². The Morgan fingerprint density at radius 1 is 1.23 bits per heavy atom. The first kappa shape index (κ1) is 17.0. The Morgan fingerprint density at radius 2 is 2.15 bits per heavy atom. The van der Waals surface area contributed by atoms with E-state index in [4.69, 9.17) is 4.74 Å². The number of carbonyl (C=O) groups excluding carboxylic acids is 1. The molecular weight excluding hydrogens is 328 g/mol. The molecule has 2 unspecified atom stereocenters. The van der Waals surface area contributed by atoms with E-state index in [9.17, 15) is 9.59 Å². The lowest BCUT2D eigenvalue weighted by atomic mass is 9.93. The van der Waals surface area contributed by atoms with Gasteiger partial charge in [-0.1, -0.05) is 18.2 Å². The SMILES string of the molecule is O=CCN1CC(c2ccc3c(c2)CCO3)CC1CCn1ccccc1=O. The van der Waals surface area contributed by atoms with Crippen LogP contribution in [0.5, 0.6) is 5.75 Å². The van der Waals surface area contributed by atoms with Gasteiger partial charge in [0.25, 0.3) is 0 Å². The molecule has 2 aromatic rings. The minimum atomic E-state index is 0.0302. The third kappa shape index (κ3) is 3.44. The minimum absolute atomic E-state index is 0.0302. The second-order valence-electron chi connectivity index (χ2n) is 7.19. The Bertz CT molecular complexity index is 845. The fourth-order valence-corrected chi connectivity index (χ4v) is 4.24. The number of aromatic nitrogens is 1. The van der Waals surface area contributed by atoms with Crippen molar-refractivity contribution < 1.29 is 9.53 Å². The summed E-state index contributed by atoms with van der Waals surface area (Å²) in [6.45, 7) is 2.81. The summed E-state index contributed by atoms with van der Waals surface area (Å²) in [7, 11) is 0. The first-order valence-electron chi connectivity index (χ1n) is 9.33. The summed E-state index contributed by atoms with van der Waals surface area (Å²) in [4.78, 5) is 25.3. The van der Waals surface area contributed by atoms with Crippen LogP contribution in [0.4, 0.5) is 0 Å². The van der Waals surface area contributed by atoms with Crippen LogP contribution in [0.2, 0.25) is 0 Å². The molecule has 0 spiro atoms. The molecular formula is C21H24N2O3. The monoisotopic (exact) mass is 352 g/mol. The molecule has 0 N–H and O–H groups in total. The molecule has 5 nitrogen and oxygen atoms in total. The number of hydrogen-bond donors (Lipinski definition) is 0. The van der Waals surface area contributed by atoms with E-state index in [1.165, 1.54) is 11.1 Å². The van der Waals surface area contributed by atoms with Crippen molar-refractivity contribution in [3.8, 4) is 5.75 Å². The van der Waals surface area contributed by atoms with Gasteiger partial charge in [-0.05, 0) is 42.0 Å². The van der Waals surface area contributed by atoms with Crippen molar-refractivity contribution in [2.45, 2.75) is 37.8 Å². The number of likely N-dealkylation sites (tertiary alicyclic amines) is 1. The fourth-order valence-electron chi connectivity index (χ4n) is 4.24. The Kier molecular flexibility index (Phi) is 4.89. The molecule has 1 fully saturated rings. The van der Waals surface area contributed by atoms with Gasteiger partial charge in [-0.2, -0.15) is 0 Å². The highest BCUT2D eigenvalue weighted by molar-refractivity contribution is 5.52. The number of rotatable bonds is 6. The lowest BCUT2D eigenvalue weighted by Gasteiger charge is -2.22. The van der Waals surface area contributed by atoms with Crippen LogP contribution in [0.15, 0.2) is 47.4 Å². The average molecular weight is 352 g/mol. The van der Waals surface area contributed by atoms with Crippen LogP contribution in [-0.2, 0) is 17.8 Å². The van der Waals surface area contributed by atoms with Crippen LogP contribution in [0.1, 0.15) is 29.9 Å². The molecule has 0 aliphatic carbocycles. The van der Waals surface area contributed by atoms with Crippen LogP contribution >= 0.6 is 0 Å². The van der Waals surface area contributed by atoms with Gasteiger partial charge in [0.1, 0.15) is 12.0 Å². The molecule has 4 rings (SSSR count). The van der Waals surface area contributed by atoms with Gasteiger partial charge in [-0.3, -0.25) is 9.69 Å². The van der Waals surface area contributed by atoms with Gasteiger partial charge in [-0.25, -0.2) is 0 Å². The summed E-state index contributed by atoms with van der Waals surface area (Å²) in [5.74, 6) is 1.44. The van der Waals surface area contributed by atoms with Gasteiger partial charge in [0.15, 0.2) is 0 Å². The van der Waals surface area contributed by atoms with Crippen LogP contribution in [0, 0.1) is 0 Å². The van der Waals surface area contributed by atoms with Crippen molar-refractivity contribution in [1.82, 2.24) is 9.47 Å². The molecule has 3 heterocycles. The average Bonchev–Trinajstić information content (AvgIpc) is 3.27. The number of benzene rings is 1. The topological polar surface area (TPSA) is 51.5 Å². The number of ether oxygens (including phenoxy) is 1. The highest BCUT2D eigenvalue weighted by atomic mass is 16.5. The molecule has 26 heavy (non-hydrogen) atoms. The summed E-state index contributed by atoms with van der Waals surface area (Å²) in [6.07, 6.45) is 5.70. The van der Waals surface area contributed by atoms with Crippen molar-refractivity contribution >= 4 is 6.29 Å². The number of aryl methyl sites for hydroxylation is 1. The third-order valence-electron chi connectivity index (χ3n) is 5.62. The first-order chi connectivity index (χ1) is 12.7. The molecule has 2 atom stereocenters. The van der Waals surface area contributed by atoms with Gasteiger partial charge in [0.2, 0.25) is 5.56 Å². The first-order valence-corrected chi connectivity index (χ1v) is 9.33. The van der Waals surface area contributed by atoms with Crippen molar-refractivity contribution in [3.63, 3.8) is 0 Å². The summed E-state index contributed by atoms with van der Waals surface area (Å²) < 4.78 is 7.36. The quantitative estimate of drug-likeness (QED) is 0.748. The van der Waals surface area contributed by atoms with Gasteiger partial charge in [0, 0.05) is 37.8 Å². The number of pyridine rings is 1. The number of nitrogens with zero attached hydrogens (tertiary/aromatic N) is 2. The highest BCUT2D eigenvalue weighted by Gasteiger charge is 2.32. The van der Waals surface area contributed by atoms with Gasteiger partial charge in [0.05, 0.1) is 13.2 Å². The normalized spacial score (nSPS) is 22.2. The predicted molar refractivity (Wildman–Crippen MR) is 99.7 cm³/mol. The summed E-state index contributed by atoms with van der Waals surface area (Å²) in [5.41, 5.74) is 2.66. The highest BCUT2D eigenvalue weighted by Crippen LogP contribution is 2.36. The van der Waals surface area contributed by atoms with Crippen LogP contribution in [0.25, 0.3) is 0 Å². The van der Waals surface area contributed by atoms with Crippen LogP contribution in [-0.4, -0.2) is 41.5 Å². The van der Waals surface area contributed by atoms with Crippen molar-refractivity contribution in [2.75, 3.05) is 19.7 Å². The van der Waals surface area contributed by atoms with E-state index >= 15 is 0 Å². The van der Waals surface area contributed by atoms with Crippen molar-refractivity contribution in [1.29, 1.82) is 0 Å². The molecule has 0 amide bonds. The smallest absolute Gasteiger partial charge is 0.250 e. The second-order valence-corrected chi connectivity index (χ2v) is 7.19. The van der Waals surface area contributed by atoms with Crippen molar-refractivity contribution in [3.05, 3.63) is 64.1 Å². The molecule has 1 aromatic heterocycles. The maximum atomic E-state index is 11.9. The van der Waals surface area contributed by atoms with E-state index in [1.54, 1.807) is 16.7 Å². The predicted octanol–water partition coefficient (Wildman–Crippen LogP) is 2.23. The van der Waals surface area contributed by atoms with E-state index < -0.39 is 0 Å². The maximum absolute atomic E-state index is 11.9. The van der Waals surface area contributed by atoms with Crippen LogP contribution < -0.4 is 10.3 Å². The number of fused-ring (bicyclic) bond motifs is 1. The molecule has 1 aromatic carbocycles. The zero-order valence-electron chi connectivity index (χ0n) is 14.8. The summed E-state index contributed by atoms with van der Waals surface area (Å²) >= 11 is 0. The Hall–Kier alpha value is -2.40. The Labute approximate surface area is 153 Å². The molecule has 0 radical (unpaired) electrons. The zero-order chi connectivity index (χ0) is 17.9. The summed E-state index contributed by atoms with van der Waals surface area (Å²) in [5, 5.41) is 0. The van der Waals surface area contributed by atoms with E-state index in [2.05, 4.69) is 23.1 Å². The van der Waals surface area contributed by atoms with E-state index in [0.717, 1.165) is 44.4 Å². The zero-order valence-corrected chi connectivity index (χ0v) is 14.8. The molecule has 0 bridgehead atoms. The number of hydrogen-bond acceptors (Lipinski definition) is 4. The van der Waals surface area contributed by atoms with Gasteiger partial charge in [-0.15, -0.1) is 0 Å². The van der Waals surface area contributed by atoms with E-state index in [-0.39, 0.29) is 5.56 Å². The lowest BCUT2D eigenvalue weighted by Crippen LogP contribution is -2.33. The molecule has 0 saturated carbocycles. The van der Waals surface area contributed by atoms with E-state index in [0.29, 0.717) is 25.0 Å². The third-order valence-corrected chi connectivity index (χ3v) is 5.62. The molecule has 136 valence electrons. The number of carbonyl (C=O) groups is 1. The lowest BCUT2D eigenvalue weighted by molar-refractivity contribution is -0.109. The van der Waals surface area contributed by atoms with Gasteiger partial charge >= 0.3 is 0 Å². The second kappa shape index (κ2) is 7.46. The van der Waals surface area contributed by atoms with Crippen LogP contribution in [0.3, 0.4) is 0 Å². The standard InChI is InChI=1S/C21H24N2O3/c24-11-10-23-15-18(16-4-5-20-17(13-16)7-12-26-20)14-19(23)6-9-22-8-2-1-3-21(22)25/h1-5,8,11,13,18-19H,6-7,9-10,12,14-15H2. The largest absolute Gasteiger partial charge is 0.493 e. The molecule has 2 aliphatic rings.